The largest absolute Gasteiger partial charge is 0.748 e. The van der Waals surface area contributed by atoms with Crippen LogP contribution in [0.5, 0.6) is 0 Å². The van der Waals surface area contributed by atoms with Gasteiger partial charge in [-0.2, -0.15) is 0 Å². The molecule has 0 spiro atoms. The van der Waals surface area contributed by atoms with Gasteiger partial charge in [0.05, 0.1) is 35.7 Å². The minimum absolute atomic E-state index is 0. The summed E-state index contributed by atoms with van der Waals surface area (Å²) in [6.45, 7) is 4.92. The molecule has 0 aromatic rings. The Labute approximate surface area is 235 Å². The molecular formula is C19H39O18S3-3. The maximum absolute atomic E-state index is 10.6. The Hall–Kier alpha value is -1.98. The van der Waals surface area contributed by atoms with Gasteiger partial charge in [-0.1, -0.05) is 21.8 Å². The van der Waals surface area contributed by atoms with Crippen molar-refractivity contribution in [2.45, 2.75) is 42.0 Å². The molecule has 0 saturated carbocycles. The number of rotatable bonds is 17. The lowest BCUT2D eigenvalue weighted by atomic mass is 10.5. The van der Waals surface area contributed by atoms with Crippen molar-refractivity contribution in [2.24, 2.45) is 0 Å². The molecule has 0 bridgehead atoms. The van der Waals surface area contributed by atoms with Crippen LogP contribution in [0.25, 0.3) is 0 Å². The Bertz CT molecular complexity index is 974. The van der Waals surface area contributed by atoms with Crippen LogP contribution < -0.4 is 0 Å². The minimum atomic E-state index is -4.55. The van der Waals surface area contributed by atoms with E-state index in [1.807, 2.05) is 6.92 Å². The van der Waals surface area contributed by atoms with Crippen LogP contribution in [0.4, 0.5) is 0 Å². The molecule has 0 unspecified atom stereocenters. The maximum atomic E-state index is 10.6. The van der Waals surface area contributed by atoms with E-state index in [0.29, 0.717) is 13.2 Å². The molecule has 0 aromatic carbocycles. The fraction of sp³-hybridized carbons (Fsp3) is 0.842. The van der Waals surface area contributed by atoms with Crippen molar-refractivity contribution in [3.63, 3.8) is 0 Å². The van der Waals surface area contributed by atoms with E-state index < -0.39 is 65.5 Å². The predicted octanol–water partition coefficient (Wildman–Crippen LogP) is -1.09. The highest BCUT2D eigenvalue weighted by atomic mass is 32.2. The Morgan fingerprint density at radius 3 is 1.38 bits per heavy atom. The van der Waals surface area contributed by atoms with Crippen molar-refractivity contribution < 1.29 is 81.7 Å². The van der Waals surface area contributed by atoms with Gasteiger partial charge in [0.1, 0.15) is 38.3 Å². The normalized spacial score (nSPS) is 10.7. The van der Waals surface area contributed by atoms with Crippen LogP contribution in [-0.4, -0.2) is 121 Å². The third-order valence-electron chi connectivity index (χ3n) is 2.75. The topological polar surface area (TPSA) is 278 Å². The van der Waals surface area contributed by atoms with E-state index in [-0.39, 0.29) is 48.3 Å². The van der Waals surface area contributed by atoms with Gasteiger partial charge < -0.3 is 42.1 Å². The molecule has 0 radical (unpaired) electrons. The van der Waals surface area contributed by atoms with E-state index in [2.05, 4.69) is 23.7 Å². The van der Waals surface area contributed by atoms with Crippen LogP contribution in [0.2, 0.25) is 0 Å². The van der Waals surface area contributed by atoms with E-state index in [9.17, 15) is 53.3 Å². The summed E-state index contributed by atoms with van der Waals surface area (Å²) in [7, 11) is -13.3. The molecular weight excluding hydrogens is 612 g/mol. The average Bonchev–Trinajstić information content (AvgIpc) is 2.73. The molecule has 18 nitrogen and oxygen atoms in total. The van der Waals surface area contributed by atoms with E-state index in [1.165, 1.54) is 0 Å². The first-order valence-corrected chi connectivity index (χ1v) is 15.1. The van der Waals surface area contributed by atoms with Gasteiger partial charge in [-0.25, -0.2) is 30.0 Å². The Kier molecular flexibility index (Phi) is 32.5. The van der Waals surface area contributed by atoms with Crippen molar-refractivity contribution >= 4 is 48.3 Å². The SMILES string of the molecule is C.C.CCCOCOC(=O)CS(=O)(=O)[O-].CCOC(=O)COCCS(=O)(=O)[O-].CCOCOC(=O)CS(=O)(=O)[O-]. The Morgan fingerprint density at radius 2 is 1.02 bits per heavy atom. The zero-order valence-electron chi connectivity index (χ0n) is 20.9. The van der Waals surface area contributed by atoms with Crippen molar-refractivity contribution in [3.05, 3.63) is 0 Å². The summed E-state index contributed by atoms with van der Waals surface area (Å²) in [5.41, 5.74) is 0. The quantitative estimate of drug-likeness (QED) is 0.0593. The second-order valence-corrected chi connectivity index (χ2v) is 10.5. The summed E-state index contributed by atoms with van der Waals surface area (Å²) in [6, 6.07) is 0. The van der Waals surface area contributed by atoms with Gasteiger partial charge in [-0.3, -0.25) is 9.59 Å². The molecule has 0 atom stereocenters. The van der Waals surface area contributed by atoms with Crippen LogP contribution in [0.3, 0.4) is 0 Å². The zero-order chi connectivity index (χ0) is 30.3. The minimum Gasteiger partial charge on any atom is -0.748 e. The Balaban J connectivity index is -0.000000150. The van der Waals surface area contributed by atoms with Gasteiger partial charge in [0.15, 0.2) is 13.6 Å². The molecule has 0 heterocycles. The highest BCUT2D eigenvalue weighted by Gasteiger charge is 2.08. The van der Waals surface area contributed by atoms with Crippen LogP contribution in [0, 0.1) is 0 Å². The van der Waals surface area contributed by atoms with Crippen molar-refractivity contribution in [3.8, 4) is 0 Å². The molecule has 244 valence electrons. The molecule has 0 fully saturated rings. The predicted molar refractivity (Wildman–Crippen MR) is 134 cm³/mol. The molecule has 0 aliphatic heterocycles. The molecule has 40 heavy (non-hydrogen) atoms. The summed E-state index contributed by atoms with van der Waals surface area (Å²) in [6.07, 6.45) is 0.761. The van der Waals surface area contributed by atoms with E-state index in [4.69, 9.17) is 4.74 Å². The molecule has 0 saturated heterocycles. The number of hydrogen-bond donors (Lipinski definition) is 0. The lowest BCUT2D eigenvalue weighted by molar-refractivity contribution is -0.154. The van der Waals surface area contributed by atoms with Gasteiger partial charge in [0.2, 0.25) is 0 Å². The fourth-order valence-corrected chi connectivity index (χ4v) is 2.46. The number of carbonyl (C=O) groups is 3. The lowest BCUT2D eigenvalue weighted by Crippen LogP contribution is -2.19. The first kappa shape index (κ1) is 47.8. The molecule has 0 aliphatic rings. The van der Waals surface area contributed by atoms with Crippen LogP contribution in [-0.2, 0) is 73.2 Å². The first-order chi connectivity index (χ1) is 17.4. The van der Waals surface area contributed by atoms with E-state index in [1.54, 1.807) is 13.8 Å². The third-order valence-corrected chi connectivity index (χ3v) is 4.60. The molecule has 0 aromatic heterocycles. The van der Waals surface area contributed by atoms with Crippen LogP contribution in [0.1, 0.15) is 42.0 Å². The van der Waals surface area contributed by atoms with Crippen LogP contribution in [0.15, 0.2) is 0 Å². The van der Waals surface area contributed by atoms with Gasteiger partial charge in [0, 0.05) is 6.61 Å². The number of esters is 3. The van der Waals surface area contributed by atoms with Gasteiger partial charge >= 0.3 is 17.9 Å². The van der Waals surface area contributed by atoms with Gasteiger partial charge in [-0.05, 0) is 20.3 Å². The van der Waals surface area contributed by atoms with Crippen molar-refractivity contribution in [1.29, 1.82) is 0 Å². The Morgan fingerprint density at radius 1 is 0.575 bits per heavy atom. The average molecular weight is 652 g/mol. The number of ether oxygens (including phenoxy) is 6. The molecule has 21 heteroatoms. The molecule has 0 rings (SSSR count). The smallest absolute Gasteiger partial charge is 0.332 e. The molecule has 0 amide bonds. The highest BCUT2D eigenvalue weighted by Crippen LogP contribution is 1.89. The zero-order valence-corrected chi connectivity index (χ0v) is 23.3. The van der Waals surface area contributed by atoms with Crippen molar-refractivity contribution in [2.75, 3.05) is 63.9 Å². The molecule has 0 aliphatic carbocycles. The highest BCUT2D eigenvalue weighted by molar-refractivity contribution is 7.86. The fourth-order valence-electron chi connectivity index (χ4n) is 1.39. The second-order valence-electron chi connectivity index (χ2n) is 6.19. The summed E-state index contributed by atoms with van der Waals surface area (Å²) in [4.78, 5) is 31.6. The van der Waals surface area contributed by atoms with Crippen molar-refractivity contribution in [1.82, 2.24) is 0 Å². The number of hydrogen-bond acceptors (Lipinski definition) is 18. The van der Waals surface area contributed by atoms with Crippen LogP contribution >= 0.6 is 0 Å². The molecule has 0 N–H and O–H groups in total. The summed E-state index contributed by atoms with van der Waals surface area (Å²) in [5, 5.41) is 0. The maximum Gasteiger partial charge on any atom is 0.332 e. The summed E-state index contributed by atoms with van der Waals surface area (Å²) in [5.74, 6) is -5.70. The van der Waals surface area contributed by atoms with Gasteiger partial charge in [-0.15, -0.1) is 0 Å². The summed E-state index contributed by atoms with van der Waals surface area (Å²) < 4.78 is 117. The summed E-state index contributed by atoms with van der Waals surface area (Å²) >= 11 is 0. The number of carbonyl (C=O) groups excluding carboxylic acids is 3. The second kappa shape index (κ2) is 27.2. The van der Waals surface area contributed by atoms with E-state index in [0.717, 1.165) is 6.42 Å². The third kappa shape index (κ3) is 49.0. The van der Waals surface area contributed by atoms with Gasteiger partial charge in [0.25, 0.3) is 0 Å². The monoisotopic (exact) mass is 651 g/mol. The first-order valence-electron chi connectivity index (χ1n) is 10.4. The standard InChI is InChI=1S/2C6H12O6S.C5H10O6S.2CH4/c1-2-12-6(7)5-11-3-4-13(8,9)10;1-2-3-11-5-12-6(7)4-13(8,9)10;1-2-10-4-11-5(6)3-12(7,8)9;;/h2*2-5H2,1H3,(H,8,9,10);2-4H2,1H3,(H,7,8,9);2*1H4/p-3. The lowest BCUT2D eigenvalue weighted by Gasteiger charge is -2.07. The van der Waals surface area contributed by atoms with E-state index >= 15 is 0 Å².